The van der Waals surface area contributed by atoms with Gasteiger partial charge < -0.3 is 15.2 Å². The van der Waals surface area contributed by atoms with E-state index in [4.69, 9.17) is 4.74 Å². The highest BCUT2D eigenvalue weighted by Crippen LogP contribution is 2.28. The van der Waals surface area contributed by atoms with E-state index in [1.54, 1.807) is 7.11 Å². The molecule has 0 radical (unpaired) electrons. The molecule has 0 bridgehead atoms. The molecule has 1 rings (SSSR count). The van der Waals surface area contributed by atoms with Crippen LogP contribution in [0.3, 0.4) is 0 Å². The Morgan fingerprint density at radius 2 is 2.11 bits per heavy atom. The Bertz CT molecular complexity index is 366. The van der Waals surface area contributed by atoms with Crippen LogP contribution < -0.4 is 10.1 Å². The molecular formula is C15H25NO2. The molecule has 102 valence electrons. The number of aryl methyl sites for hydroxylation is 1. The standard InChI is InChI=1S/C15H25NO2/c1-5-6-9-16-12(3)15(17)13-10-11(2)7-8-14(13)18-4/h7-8,10,12,15-17H,5-6,9H2,1-4H3. The van der Waals surface area contributed by atoms with E-state index in [2.05, 4.69) is 12.2 Å². The smallest absolute Gasteiger partial charge is 0.124 e. The summed E-state index contributed by atoms with van der Waals surface area (Å²) in [6, 6.07) is 5.91. The summed E-state index contributed by atoms with van der Waals surface area (Å²) in [7, 11) is 1.63. The van der Waals surface area contributed by atoms with Gasteiger partial charge in [-0.25, -0.2) is 0 Å². The van der Waals surface area contributed by atoms with Crippen LogP contribution in [0.5, 0.6) is 5.75 Å². The summed E-state index contributed by atoms with van der Waals surface area (Å²) in [5, 5.41) is 13.7. The maximum Gasteiger partial charge on any atom is 0.124 e. The molecule has 0 spiro atoms. The molecular weight excluding hydrogens is 226 g/mol. The van der Waals surface area contributed by atoms with Crippen molar-refractivity contribution < 1.29 is 9.84 Å². The van der Waals surface area contributed by atoms with Crippen molar-refractivity contribution in [1.82, 2.24) is 5.32 Å². The maximum absolute atomic E-state index is 10.4. The number of ether oxygens (including phenoxy) is 1. The van der Waals surface area contributed by atoms with Crippen molar-refractivity contribution in [2.75, 3.05) is 13.7 Å². The molecule has 0 heterocycles. The lowest BCUT2D eigenvalue weighted by Gasteiger charge is -2.22. The molecule has 0 aliphatic carbocycles. The van der Waals surface area contributed by atoms with Crippen LogP contribution in [0, 0.1) is 6.92 Å². The van der Waals surface area contributed by atoms with Gasteiger partial charge in [0.1, 0.15) is 5.75 Å². The van der Waals surface area contributed by atoms with Crippen LogP contribution in [0.25, 0.3) is 0 Å². The van der Waals surface area contributed by atoms with E-state index < -0.39 is 6.10 Å². The molecule has 0 aliphatic rings. The molecule has 0 aliphatic heterocycles. The van der Waals surface area contributed by atoms with E-state index in [1.807, 2.05) is 32.0 Å². The van der Waals surface area contributed by atoms with Gasteiger partial charge in [-0.15, -0.1) is 0 Å². The van der Waals surface area contributed by atoms with Gasteiger partial charge in [0.15, 0.2) is 0 Å². The average Bonchev–Trinajstić information content (AvgIpc) is 2.38. The zero-order chi connectivity index (χ0) is 13.5. The van der Waals surface area contributed by atoms with Gasteiger partial charge in [0, 0.05) is 11.6 Å². The van der Waals surface area contributed by atoms with E-state index in [9.17, 15) is 5.11 Å². The van der Waals surface area contributed by atoms with Crippen LogP contribution in [0.2, 0.25) is 0 Å². The largest absolute Gasteiger partial charge is 0.496 e. The second kappa shape index (κ2) is 7.39. The number of benzene rings is 1. The SMILES string of the molecule is CCCCNC(C)C(O)c1cc(C)ccc1OC. The first-order chi connectivity index (χ1) is 8.60. The van der Waals surface area contributed by atoms with Crippen molar-refractivity contribution >= 4 is 0 Å². The summed E-state index contributed by atoms with van der Waals surface area (Å²) in [4.78, 5) is 0. The van der Waals surface area contributed by atoms with Crippen LogP contribution >= 0.6 is 0 Å². The summed E-state index contributed by atoms with van der Waals surface area (Å²) in [6.07, 6.45) is 1.74. The molecule has 3 nitrogen and oxygen atoms in total. The topological polar surface area (TPSA) is 41.5 Å². The third kappa shape index (κ3) is 4.00. The molecule has 0 fully saturated rings. The molecule has 0 saturated heterocycles. The molecule has 2 unspecified atom stereocenters. The Morgan fingerprint density at radius 1 is 1.39 bits per heavy atom. The molecule has 2 N–H and O–H groups in total. The van der Waals surface area contributed by atoms with E-state index in [0.29, 0.717) is 0 Å². The highest BCUT2D eigenvalue weighted by Gasteiger charge is 2.19. The molecule has 1 aromatic rings. The minimum absolute atomic E-state index is 0.0206. The van der Waals surface area contributed by atoms with E-state index in [-0.39, 0.29) is 6.04 Å². The highest BCUT2D eigenvalue weighted by molar-refractivity contribution is 5.39. The third-order valence-corrected chi connectivity index (χ3v) is 3.17. The van der Waals surface area contributed by atoms with E-state index in [0.717, 1.165) is 36.3 Å². The second-order valence-electron chi connectivity index (χ2n) is 4.79. The van der Waals surface area contributed by atoms with Gasteiger partial charge in [-0.05, 0) is 38.9 Å². The lowest BCUT2D eigenvalue weighted by atomic mass is 10.00. The predicted octanol–water partition coefficient (Wildman–Crippen LogP) is 2.82. The fourth-order valence-electron chi connectivity index (χ4n) is 1.97. The molecule has 0 saturated carbocycles. The number of rotatable bonds is 7. The number of hydrogen-bond acceptors (Lipinski definition) is 3. The molecule has 18 heavy (non-hydrogen) atoms. The van der Waals surface area contributed by atoms with Gasteiger partial charge in [-0.3, -0.25) is 0 Å². The van der Waals surface area contributed by atoms with Crippen molar-refractivity contribution in [3.05, 3.63) is 29.3 Å². The van der Waals surface area contributed by atoms with Gasteiger partial charge in [0.25, 0.3) is 0 Å². The number of aliphatic hydroxyl groups excluding tert-OH is 1. The summed E-state index contributed by atoms with van der Waals surface area (Å²) < 4.78 is 5.31. The number of aliphatic hydroxyl groups is 1. The van der Waals surface area contributed by atoms with Crippen molar-refractivity contribution in [3.63, 3.8) is 0 Å². The Hall–Kier alpha value is -1.06. The fraction of sp³-hybridized carbons (Fsp3) is 0.600. The molecule has 3 heteroatoms. The molecule has 1 aromatic carbocycles. The molecule has 0 aromatic heterocycles. The molecule has 0 amide bonds. The van der Waals surface area contributed by atoms with Gasteiger partial charge in [-0.1, -0.05) is 25.0 Å². The summed E-state index contributed by atoms with van der Waals surface area (Å²) in [5.41, 5.74) is 1.99. The summed E-state index contributed by atoms with van der Waals surface area (Å²) >= 11 is 0. The fourth-order valence-corrected chi connectivity index (χ4v) is 1.97. The van der Waals surface area contributed by atoms with Crippen molar-refractivity contribution in [3.8, 4) is 5.75 Å². The monoisotopic (exact) mass is 251 g/mol. The van der Waals surface area contributed by atoms with Crippen LogP contribution in [-0.2, 0) is 0 Å². The summed E-state index contributed by atoms with van der Waals surface area (Å²) in [5.74, 6) is 0.747. The van der Waals surface area contributed by atoms with Gasteiger partial charge in [-0.2, -0.15) is 0 Å². The zero-order valence-electron chi connectivity index (χ0n) is 11.9. The number of nitrogens with one attached hydrogen (secondary N) is 1. The first-order valence-electron chi connectivity index (χ1n) is 6.66. The zero-order valence-corrected chi connectivity index (χ0v) is 11.9. The minimum Gasteiger partial charge on any atom is -0.496 e. The number of hydrogen-bond donors (Lipinski definition) is 2. The molecule has 2 atom stereocenters. The Kier molecular flexibility index (Phi) is 6.16. The van der Waals surface area contributed by atoms with Crippen LogP contribution in [0.1, 0.15) is 43.9 Å². The van der Waals surface area contributed by atoms with Crippen molar-refractivity contribution in [1.29, 1.82) is 0 Å². The van der Waals surface area contributed by atoms with Crippen LogP contribution in [0.15, 0.2) is 18.2 Å². The average molecular weight is 251 g/mol. The van der Waals surface area contributed by atoms with Crippen LogP contribution in [-0.4, -0.2) is 24.8 Å². The normalized spacial score (nSPS) is 14.3. The Balaban J connectivity index is 2.75. The lowest BCUT2D eigenvalue weighted by Crippen LogP contribution is -2.33. The third-order valence-electron chi connectivity index (χ3n) is 3.17. The maximum atomic E-state index is 10.4. The van der Waals surface area contributed by atoms with Crippen LogP contribution in [0.4, 0.5) is 0 Å². The quantitative estimate of drug-likeness (QED) is 0.732. The van der Waals surface area contributed by atoms with E-state index >= 15 is 0 Å². The minimum atomic E-state index is -0.545. The number of unbranched alkanes of at least 4 members (excludes halogenated alkanes) is 1. The highest BCUT2D eigenvalue weighted by atomic mass is 16.5. The van der Waals surface area contributed by atoms with Crippen molar-refractivity contribution in [2.45, 2.75) is 45.8 Å². The Morgan fingerprint density at radius 3 is 2.72 bits per heavy atom. The first kappa shape index (κ1) is 15.0. The summed E-state index contributed by atoms with van der Waals surface area (Å²) in [6.45, 7) is 7.11. The lowest BCUT2D eigenvalue weighted by molar-refractivity contribution is 0.132. The number of methoxy groups -OCH3 is 1. The van der Waals surface area contributed by atoms with Gasteiger partial charge >= 0.3 is 0 Å². The van der Waals surface area contributed by atoms with Gasteiger partial charge in [0.2, 0.25) is 0 Å². The Labute approximate surface area is 110 Å². The van der Waals surface area contributed by atoms with E-state index in [1.165, 1.54) is 0 Å². The first-order valence-corrected chi connectivity index (χ1v) is 6.66. The van der Waals surface area contributed by atoms with Gasteiger partial charge in [0.05, 0.1) is 13.2 Å². The second-order valence-corrected chi connectivity index (χ2v) is 4.79. The predicted molar refractivity (Wildman–Crippen MR) is 75.1 cm³/mol. The van der Waals surface area contributed by atoms with Crippen molar-refractivity contribution in [2.24, 2.45) is 0 Å².